The van der Waals surface area contributed by atoms with Crippen LogP contribution < -0.4 is 5.73 Å². The van der Waals surface area contributed by atoms with Gasteiger partial charge in [0.25, 0.3) is 0 Å². The Labute approximate surface area is 113 Å². The van der Waals surface area contributed by atoms with E-state index in [1.807, 2.05) is 12.1 Å². The van der Waals surface area contributed by atoms with Gasteiger partial charge in [-0.15, -0.1) is 11.8 Å². The number of nitrogens with zero attached hydrogens (tertiary/aromatic N) is 2. The number of halogens is 2. The summed E-state index contributed by atoms with van der Waals surface area (Å²) >= 11 is 13.1. The third-order valence-corrected chi connectivity index (χ3v) is 3.57. The van der Waals surface area contributed by atoms with Crippen molar-refractivity contribution >= 4 is 40.7 Å². The molecule has 2 N–H and O–H groups in total. The van der Waals surface area contributed by atoms with E-state index in [2.05, 4.69) is 9.97 Å². The zero-order valence-corrected chi connectivity index (χ0v) is 11.1. The molecule has 0 saturated heterocycles. The van der Waals surface area contributed by atoms with Gasteiger partial charge in [0.05, 0.1) is 18.1 Å². The van der Waals surface area contributed by atoms with Gasteiger partial charge in [-0.25, -0.2) is 4.98 Å². The van der Waals surface area contributed by atoms with Crippen molar-refractivity contribution in [2.24, 2.45) is 0 Å². The highest BCUT2D eigenvalue weighted by atomic mass is 35.5. The van der Waals surface area contributed by atoms with Crippen LogP contribution in [0.25, 0.3) is 0 Å². The molecular weight excluding hydrogens is 277 g/mol. The average Bonchev–Trinajstić information content (AvgIpc) is 2.30. The fourth-order valence-electron chi connectivity index (χ4n) is 1.22. The zero-order valence-electron chi connectivity index (χ0n) is 8.73. The second kappa shape index (κ2) is 5.58. The number of nitrogen functional groups attached to an aromatic ring is 1. The number of thioether (sulfide) groups is 1. The molecule has 1 heterocycles. The van der Waals surface area contributed by atoms with Gasteiger partial charge >= 0.3 is 0 Å². The van der Waals surface area contributed by atoms with Gasteiger partial charge in [0.1, 0.15) is 5.15 Å². The zero-order chi connectivity index (χ0) is 12.3. The van der Waals surface area contributed by atoms with E-state index in [1.165, 1.54) is 6.20 Å². The maximum absolute atomic E-state index is 5.85. The summed E-state index contributed by atoms with van der Waals surface area (Å²) in [5.74, 6) is 0.690. The van der Waals surface area contributed by atoms with Gasteiger partial charge in [0.2, 0.25) is 0 Å². The van der Waals surface area contributed by atoms with E-state index in [0.29, 0.717) is 21.6 Å². The summed E-state index contributed by atoms with van der Waals surface area (Å²) in [6, 6.07) is 5.44. The van der Waals surface area contributed by atoms with E-state index in [9.17, 15) is 0 Å². The average molecular weight is 286 g/mol. The van der Waals surface area contributed by atoms with Crippen molar-refractivity contribution in [3.8, 4) is 0 Å². The Kier molecular flexibility index (Phi) is 4.10. The molecule has 0 aliphatic carbocycles. The van der Waals surface area contributed by atoms with Crippen LogP contribution in [0.4, 0.5) is 5.69 Å². The topological polar surface area (TPSA) is 51.8 Å². The second-order valence-corrected chi connectivity index (χ2v) is 5.14. The van der Waals surface area contributed by atoms with Gasteiger partial charge in [-0.3, -0.25) is 4.98 Å². The van der Waals surface area contributed by atoms with Crippen molar-refractivity contribution in [2.75, 3.05) is 5.73 Å². The molecule has 17 heavy (non-hydrogen) atoms. The Morgan fingerprint density at radius 1 is 1.18 bits per heavy atom. The van der Waals surface area contributed by atoms with Crippen LogP contribution in [0.1, 0.15) is 5.69 Å². The van der Waals surface area contributed by atoms with Gasteiger partial charge < -0.3 is 5.73 Å². The van der Waals surface area contributed by atoms with Crippen molar-refractivity contribution in [3.05, 3.63) is 46.5 Å². The highest BCUT2D eigenvalue weighted by molar-refractivity contribution is 7.98. The van der Waals surface area contributed by atoms with Crippen molar-refractivity contribution < 1.29 is 0 Å². The molecule has 0 aliphatic rings. The molecule has 6 heteroatoms. The molecule has 0 atom stereocenters. The standard InChI is InChI=1S/C11H9Cl2N3S/c12-7-1-2-10(9(14)3-7)17-6-8-4-16-11(13)5-15-8/h1-5H,6,14H2. The molecule has 0 unspecified atom stereocenters. The molecule has 0 saturated carbocycles. The molecule has 0 aliphatic heterocycles. The molecule has 0 spiro atoms. The molecule has 1 aromatic heterocycles. The van der Waals surface area contributed by atoms with Gasteiger partial charge in [-0.1, -0.05) is 23.2 Å². The number of hydrogen-bond donors (Lipinski definition) is 1. The summed E-state index contributed by atoms with van der Waals surface area (Å²) in [7, 11) is 0. The van der Waals surface area contributed by atoms with Crippen LogP contribution in [0.5, 0.6) is 0 Å². The Balaban J connectivity index is 2.04. The molecule has 88 valence electrons. The van der Waals surface area contributed by atoms with Crippen molar-refractivity contribution in [1.29, 1.82) is 0 Å². The number of benzene rings is 1. The van der Waals surface area contributed by atoms with Gasteiger partial charge in [0.15, 0.2) is 0 Å². The number of nitrogens with two attached hydrogens (primary N) is 1. The lowest BCUT2D eigenvalue weighted by molar-refractivity contribution is 1.10. The summed E-state index contributed by atoms with van der Waals surface area (Å²) in [4.78, 5) is 9.10. The Morgan fingerprint density at radius 3 is 2.65 bits per heavy atom. The van der Waals surface area contributed by atoms with Crippen LogP contribution in [0, 0.1) is 0 Å². The maximum atomic E-state index is 5.85. The van der Waals surface area contributed by atoms with Crippen molar-refractivity contribution in [2.45, 2.75) is 10.6 Å². The first-order chi connectivity index (χ1) is 8.15. The molecule has 2 aromatic rings. The fourth-order valence-corrected chi connectivity index (χ4v) is 2.34. The molecular formula is C11H9Cl2N3S. The van der Waals surface area contributed by atoms with E-state index < -0.39 is 0 Å². The highest BCUT2D eigenvalue weighted by Crippen LogP contribution is 2.29. The minimum Gasteiger partial charge on any atom is -0.398 e. The van der Waals surface area contributed by atoms with Crippen molar-refractivity contribution in [1.82, 2.24) is 9.97 Å². The third-order valence-electron chi connectivity index (χ3n) is 2.02. The fraction of sp³-hybridized carbons (Fsp3) is 0.0909. The van der Waals surface area contributed by atoms with Crippen LogP contribution in [-0.4, -0.2) is 9.97 Å². The molecule has 0 radical (unpaired) electrons. The molecule has 0 fully saturated rings. The highest BCUT2D eigenvalue weighted by Gasteiger charge is 2.03. The molecule has 3 nitrogen and oxygen atoms in total. The van der Waals surface area contributed by atoms with Gasteiger partial charge in [-0.05, 0) is 18.2 Å². The quantitative estimate of drug-likeness (QED) is 0.691. The molecule has 0 amide bonds. The third kappa shape index (κ3) is 3.49. The van der Waals surface area contributed by atoms with E-state index in [-0.39, 0.29) is 0 Å². The first kappa shape index (κ1) is 12.5. The lowest BCUT2D eigenvalue weighted by Crippen LogP contribution is -1.91. The predicted molar refractivity (Wildman–Crippen MR) is 72.5 cm³/mol. The first-order valence-electron chi connectivity index (χ1n) is 4.79. The number of hydrogen-bond acceptors (Lipinski definition) is 4. The summed E-state index contributed by atoms with van der Waals surface area (Å²) in [6.45, 7) is 0. The Morgan fingerprint density at radius 2 is 2.00 bits per heavy atom. The SMILES string of the molecule is Nc1cc(Cl)ccc1SCc1cnc(Cl)cn1. The summed E-state index contributed by atoms with van der Waals surface area (Å²) in [5, 5.41) is 1.03. The van der Waals surface area contributed by atoms with E-state index in [4.69, 9.17) is 28.9 Å². The number of anilines is 1. The van der Waals surface area contributed by atoms with Crippen molar-refractivity contribution in [3.63, 3.8) is 0 Å². The summed E-state index contributed by atoms with van der Waals surface area (Å²) < 4.78 is 0. The minimum absolute atomic E-state index is 0.393. The monoisotopic (exact) mass is 285 g/mol. The number of aromatic nitrogens is 2. The predicted octanol–water partition coefficient (Wildman–Crippen LogP) is 3.66. The normalized spacial score (nSPS) is 10.5. The maximum Gasteiger partial charge on any atom is 0.147 e. The van der Waals surface area contributed by atoms with Crippen LogP contribution in [0.2, 0.25) is 10.2 Å². The van der Waals surface area contributed by atoms with E-state index in [1.54, 1.807) is 24.0 Å². The smallest absolute Gasteiger partial charge is 0.147 e. The summed E-state index contributed by atoms with van der Waals surface area (Å²) in [6.07, 6.45) is 3.18. The second-order valence-electron chi connectivity index (χ2n) is 3.30. The lowest BCUT2D eigenvalue weighted by atomic mass is 10.3. The first-order valence-corrected chi connectivity index (χ1v) is 6.53. The lowest BCUT2D eigenvalue weighted by Gasteiger charge is -2.05. The van der Waals surface area contributed by atoms with E-state index >= 15 is 0 Å². The molecule has 1 aromatic carbocycles. The van der Waals surface area contributed by atoms with Gasteiger partial charge in [0, 0.05) is 21.4 Å². The van der Waals surface area contributed by atoms with Gasteiger partial charge in [-0.2, -0.15) is 0 Å². The van der Waals surface area contributed by atoms with Crippen LogP contribution in [-0.2, 0) is 5.75 Å². The largest absolute Gasteiger partial charge is 0.398 e. The molecule has 0 bridgehead atoms. The van der Waals surface area contributed by atoms with Crippen LogP contribution >= 0.6 is 35.0 Å². The Hall–Kier alpha value is -0.970. The Bertz CT molecular complexity index is 517. The van der Waals surface area contributed by atoms with Crippen LogP contribution in [0.3, 0.4) is 0 Å². The van der Waals surface area contributed by atoms with Crippen LogP contribution in [0.15, 0.2) is 35.5 Å². The minimum atomic E-state index is 0.393. The number of rotatable bonds is 3. The van der Waals surface area contributed by atoms with E-state index in [0.717, 1.165) is 10.6 Å². The summed E-state index contributed by atoms with van der Waals surface area (Å²) in [5.41, 5.74) is 7.37. The molecule has 2 rings (SSSR count).